The lowest BCUT2D eigenvalue weighted by molar-refractivity contribution is -0.132. The molecule has 33 heavy (non-hydrogen) atoms. The van der Waals surface area contributed by atoms with E-state index < -0.39 is 0 Å². The van der Waals surface area contributed by atoms with Crippen LogP contribution in [0.1, 0.15) is 36.7 Å². The van der Waals surface area contributed by atoms with Gasteiger partial charge in [-0.25, -0.2) is 4.98 Å². The lowest BCUT2D eigenvalue weighted by atomic mass is 10.0. The van der Waals surface area contributed by atoms with Gasteiger partial charge in [0.1, 0.15) is 5.82 Å². The van der Waals surface area contributed by atoms with Crippen LogP contribution < -0.4 is 0 Å². The maximum Gasteiger partial charge on any atom is 0.223 e. The molecule has 5 rings (SSSR count). The third-order valence-electron chi connectivity index (χ3n) is 6.34. The number of hydrogen-bond donors (Lipinski definition) is 1. The second-order valence-electron chi connectivity index (χ2n) is 8.47. The van der Waals surface area contributed by atoms with E-state index in [1.807, 2.05) is 53.6 Å². The Morgan fingerprint density at radius 3 is 2.52 bits per heavy atom. The predicted molar refractivity (Wildman–Crippen MR) is 133 cm³/mol. The number of carbonyl (C=O) groups is 1. The van der Waals surface area contributed by atoms with Crippen LogP contribution in [0, 0.1) is 0 Å². The van der Waals surface area contributed by atoms with E-state index in [0.29, 0.717) is 6.42 Å². The predicted octanol–water partition coefficient (Wildman–Crippen LogP) is 6.69. The highest BCUT2D eigenvalue weighted by Gasteiger charge is 2.31. The van der Waals surface area contributed by atoms with Crippen molar-refractivity contribution in [2.45, 2.75) is 31.7 Å². The summed E-state index contributed by atoms with van der Waals surface area (Å²) in [5, 5.41) is 0.744. The number of hydrogen-bond acceptors (Lipinski definition) is 2. The van der Waals surface area contributed by atoms with Gasteiger partial charge in [-0.05, 0) is 42.0 Å². The van der Waals surface area contributed by atoms with Gasteiger partial charge in [-0.3, -0.25) is 4.79 Å². The molecule has 0 aliphatic carbocycles. The van der Waals surface area contributed by atoms with Gasteiger partial charge in [-0.15, -0.1) is 0 Å². The fraction of sp³-hybridized carbons (Fsp3) is 0.214. The van der Waals surface area contributed by atoms with Gasteiger partial charge in [0.2, 0.25) is 5.91 Å². The van der Waals surface area contributed by atoms with Gasteiger partial charge in [0.05, 0.1) is 17.9 Å². The first kappa shape index (κ1) is 21.5. The fourth-order valence-electron chi connectivity index (χ4n) is 4.56. The summed E-state index contributed by atoms with van der Waals surface area (Å²) in [6.45, 7) is 0.788. The van der Waals surface area contributed by atoms with Crippen LogP contribution in [0.2, 0.25) is 5.02 Å². The summed E-state index contributed by atoms with van der Waals surface area (Å²) in [6, 6.07) is 26.4. The number of benzene rings is 3. The van der Waals surface area contributed by atoms with E-state index in [1.165, 1.54) is 0 Å². The molecule has 0 spiro atoms. The van der Waals surface area contributed by atoms with Crippen molar-refractivity contribution in [1.82, 2.24) is 14.9 Å². The fourth-order valence-corrected chi connectivity index (χ4v) is 4.81. The number of aromatic amines is 1. The van der Waals surface area contributed by atoms with E-state index in [4.69, 9.17) is 11.6 Å². The third-order valence-corrected chi connectivity index (χ3v) is 6.66. The standard InChI is InChI=1S/C28H26ClN3O/c29-24-10-5-4-9-23(24)21-15-12-20(13-16-21)14-17-27(33)32-18-6-11-26(32)28-30-19-25(31-28)22-7-2-1-3-8-22/h1-5,7-10,12-13,15-16,19,26H,6,11,14,17-18H2,(H,30,31)/t26-/m0/s1. The molecule has 1 fully saturated rings. The van der Waals surface area contributed by atoms with Crippen molar-refractivity contribution in [3.05, 3.63) is 101 Å². The molecule has 1 N–H and O–H groups in total. The van der Waals surface area contributed by atoms with Gasteiger partial charge in [-0.1, -0.05) is 84.4 Å². The summed E-state index contributed by atoms with van der Waals surface area (Å²) in [5.41, 5.74) is 5.35. The van der Waals surface area contributed by atoms with Crippen LogP contribution in [0.15, 0.2) is 85.1 Å². The Hall–Kier alpha value is -3.37. The first-order valence-corrected chi connectivity index (χ1v) is 11.8. The van der Waals surface area contributed by atoms with E-state index in [9.17, 15) is 4.79 Å². The Labute approximate surface area is 199 Å². The molecule has 1 aliphatic heterocycles. The lowest BCUT2D eigenvalue weighted by Gasteiger charge is -2.23. The number of rotatable bonds is 6. The number of aromatic nitrogens is 2. The summed E-state index contributed by atoms with van der Waals surface area (Å²) >= 11 is 6.32. The number of carbonyl (C=O) groups excluding carboxylic acids is 1. The zero-order chi connectivity index (χ0) is 22.6. The Kier molecular flexibility index (Phi) is 6.27. The van der Waals surface area contributed by atoms with E-state index in [1.54, 1.807) is 0 Å². The number of H-pyrrole nitrogens is 1. The SMILES string of the molecule is O=C(CCc1ccc(-c2ccccc2Cl)cc1)N1CCC[C@H]1c1ncc(-c2ccccc2)[nH]1. The molecule has 1 atom stereocenters. The zero-order valence-corrected chi connectivity index (χ0v) is 19.1. The van der Waals surface area contributed by atoms with Gasteiger partial charge < -0.3 is 9.88 Å². The average Bonchev–Trinajstić information content (AvgIpc) is 3.54. The molecule has 1 aromatic heterocycles. The Bertz CT molecular complexity index is 1230. The Morgan fingerprint density at radius 1 is 0.970 bits per heavy atom. The number of aryl methyl sites for hydroxylation is 1. The first-order chi connectivity index (χ1) is 16.2. The van der Waals surface area contributed by atoms with Crippen molar-refractivity contribution >= 4 is 17.5 Å². The minimum absolute atomic E-state index is 0.0255. The molecule has 0 unspecified atom stereocenters. The van der Waals surface area contributed by atoms with Crippen LogP contribution in [-0.2, 0) is 11.2 Å². The molecular formula is C28H26ClN3O. The summed E-state index contributed by atoms with van der Waals surface area (Å²) in [5.74, 6) is 1.06. The van der Waals surface area contributed by atoms with Gasteiger partial charge >= 0.3 is 0 Å². The molecule has 1 aliphatic rings. The summed E-state index contributed by atoms with van der Waals surface area (Å²) < 4.78 is 0. The van der Waals surface area contributed by atoms with Gasteiger partial charge in [0, 0.05) is 23.6 Å². The van der Waals surface area contributed by atoms with Crippen LogP contribution in [0.25, 0.3) is 22.4 Å². The van der Waals surface area contributed by atoms with Gasteiger partial charge in [0.25, 0.3) is 0 Å². The van der Waals surface area contributed by atoms with Crippen molar-refractivity contribution in [3.8, 4) is 22.4 Å². The minimum atomic E-state index is 0.0255. The monoisotopic (exact) mass is 455 g/mol. The van der Waals surface area contributed by atoms with E-state index >= 15 is 0 Å². The number of nitrogens with one attached hydrogen (secondary N) is 1. The number of likely N-dealkylation sites (tertiary alicyclic amines) is 1. The summed E-state index contributed by atoms with van der Waals surface area (Å²) in [7, 11) is 0. The number of amides is 1. The first-order valence-electron chi connectivity index (χ1n) is 11.4. The van der Waals surface area contributed by atoms with Crippen molar-refractivity contribution in [2.24, 2.45) is 0 Å². The van der Waals surface area contributed by atoms with Crippen molar-refractivity contribution < 1.29 is 4.79 Å². The third kappa shape index (κ3) is 4.71. The summed E-state index contributed by atoms with van der Waals surface area (Å²) in [4.78, 5) is 23.1. The van der Waals surface area contributed by atoms with E-state index in [0.717, 1.165) is 64.6 Å². The number of halogens is 1. The highest BCUT2D eigenvalue weighted by atomic mass is 35.5. The quantitative estimate of drug-likeness (QED) is 0.352. The smallest absolute Gasteiger partial charge is 0.223 e. The lowest BCUT2D eigenvalue weighted by Crippen LogP contribution is -2.31. The molecule has 0 radical (unpaired) electrons. The minimum Gasteiger partial charge on any atom is -0.340 e. The van der Waals surface area contributed by atoms with Gasteiger partial charge in [0.15, 0.2) is 0 Å². The van der Waals surface area contributed by atoms with Crippen LogP contribution in [0.4, 0.5) is 0 Å². The highest BCUT2D eigenvalue weighted by Crippen LogP contribution is 2.32. The average molecular weight is 456 g/mol. The van der Waals surface area contributed by atoms with E-state index in [2.05, 4.69) is 46.4 Å². The highest BCUT2D eigenvalue weighted by molar-refractivity contribution is 6.33. The molecule has 166 valence electrons. The Morgan fingerprint density at radius 2 is 1.73 bits per heavy atom. The Balaban J connectivity index is 1.23. The maximum absolute atomic E-state index is 13.1. The largest absolute Gasteiger partial charge is 0.340 e. The van der Waals surface area contributed by atoms with Crippen molar-refractivity contribution in [2.75, 3.05) is 6.54 Å². The van der Waals surface area contributed by atoms with Crippen LogP contribution in [-0.4, -0.2) is 27.3 Å². The number of nitrogens with zero attached hydrogens (tertiary/aromatic N) is 2. The molecular weight excluding hydrogens is 430 g/mol. The van der Waals surface area contributed by atoms with Crippen LogP contribution in [0.3, 0.4) is 0 Å². The molecule has 0 saturated carbocycles. The molecule has 1 saturated heterocycles. The molecule has 1 amide bonds. The molecule has 5 heteroatoms. The molecule has 2 heterocycles. The topological polar surface area (TPSA) is 49.0 Å². The molecule has 0 bridgehead atoms. The van der Waals surface area contributed by atoms with Crippen LogP contribution >= 0.6 is 11.6 Å². The summed E-state index contributed by atoms with van der Waals surface area (Å²) in [6.07, 6.45) is 5.03. The zero-order valence-electron chi connectivity index (χ0n) is 18.4. The molecule has 4 aromatic rings. The second kappa shape index (κ2) is 9.63. The van der Waals surface area contributed by atoms with Gasteiger partial charge in [-0.2, -0.15) is 0 Å². The second-order valence-corrected chi connectivity index (χ2v) is 8.88. The number of imidazole rings is 1. The van der Waals surface area contributed by atoms with Crippen molar-refractivity contribution in [3.63, 3.8) is 0 Å². The maximum atomic E-state index is 13.1. The van der Waals surface area contributed by atoms with Crippen LogP contribution in [0.5, 0.6) is 0 Å². The molecule has 3 aromatic carbocycles. The molecule has 4 nitrogen and oxygen atoms in total. The van der Waals surface area contributed by atoms with E-state index in [-0.39, 0.29) is 11.9 Å². The van der Waals surface area contributed by atoms with Crippen molar-refractivity contribution in [1.29, 1.82) is 0 Å². The normalized spacial score (nSPS) is 15.7.